The number of benzene rings is 1. The second-order valence-corrected chi connectivity index (χ2v) is 6.35. The molecule has 1 aliphatic heterocycles. The third-order valence-corrected chi connectivity index (χ3v) is 4.68. The summed E-state index contributed by atoms with van der Waals surface area (Å²) < 4.78 is 6.08. The normalized spacial score (nSPS) is 21.3. The molecule has 0 N–H and O–H groups in total. The Labute approximate surface area is 127 Å². The van der Waals surface area contributed by atoms with Crippen LogP contribution >= 0.6 is 0 Å². The van der Waals surface area contributed by atoms with Crippen LogP contribution in [-0.2, 0) is 6.54 Å². The van der Waals surface area contributed by atoms with Gasteiger partial charge < -0.3 is 4.74 Å². The highest BCUT2D eigenvalue weighted by Gasteiger charge is 2.19. The maximum atomic E-state index is 8.95. The Kier molecular flexibility index (Phi) is 4.77. The summed E-state index contributed by atoms with van der Waals surface area (Å²) in [6, 6.07) is 10.9. The molecule has 2 aliphatic rings. The van der Waals surface area contributed by atoms with Gasteiger partial charge in [0.15, 0.2) is 0 Å². The van der Waals surface area contributed by atoms with Crippen molar-refractivity contribution in [2.75, 3.05) is 13.1 Å². The minimum absolute atomic E-state index is 0.262. The first-order valence-corrected chi connectivity index (χ1v) is 8.21. The van der Waals surface area contributed by atoms with Gasteiger partial charge in [0.1, 0.15) is 5.75 Å². The van der Waals surface area contributed by atoms with Crippen LogP contribution in [0.3, 0.4) is 0 Å². The zero-order valence-electron chi connectivity index (χ0n) is 12.6. The van der Waals surface area contributed by atoms with Crippen molar-refractivity contribution in [3.63, 3.8) is 0 Å². The summed E-state index contributed by atoms with van der Waals surface area (Å²) in [5.41, 5.74) is 1.32. The Morgan fingerprint density at radius 1 is 1.14 bits per heavy atom. The average molecular weight is 284 g/mol. The fourth-order valence-corrected chi connectivity index (χ4v) is 3.39. The van der Waals surface area contributed by atoms with Gasteiger partial charge >= 0.3 is 0 Å². The lowest BCUT2D eigenvalue weighted by Gasteiger charge is -2.29. The van der Waals surface area contributed by atoms with Gasteiger partial charge in [0.2, 0.25) is 0 Å². The van der Waals surface area contributed by atoms with Gasteiger partial charge in [-0.3, -0.25) is 4.90 Å². The fourth-order valence-electron chi connectivity index (χ4n) is 3.39. The molecule has 2 fully saturated rings. The van der Waals surface area contributed by atoms with Crippen LogP contribution in [0.2, 0.25) is 0 Å². The first-order chi connectivity index (χ1) is 10.3. The molecule has 0 bridgehead atoms. The van der Waals surface area contributed by atoms with E-state index >= 15 is 0 Å². The molecule has 1 saturated carbocycles. The summed E-state index contributed by atoms with van der Waals surface area (Å²) in [5.74, 6) is 1.28. The molecule has 21 heavy (non-hydrogen) atoms. The number of piperidine rings is 1. The SMILES string of the molecule is N#CC1CCN(Cc2cccc(OC3CCCC3)c2)CC1. The molecule has 0 radical (unpaired) electrons. The molecule has 1 aromatic carbocycles. The van der Waals surface area contributed by atoms with Gasteiger partial charge in [-0.2, -0.15) is 5.26 Å². The summed E-state index contributed by atoms with van der Waals surface area (Å²) >= 11 is 0. The largest absolute Gasteiger partial charge is 0.490 e. The summed E-state index contributed by atoms with van der Waals surface area (Å²) in [7, 11) is 0. The van der Waals surface area contributed by atoms with Crippen molar-refractivity contribution >= 4 is 0 Å². The van der Waals surface area contributed by atoms with Gasteiger partial charge in [-0.15, -0.1) is 0 Å². The maximum absolute atomic E-state index is 8.95. The molecule has 112 valence electrons. The van der Waals surface area contributed by atoms with Crippen molar-refractivity contribution in [1.82, 2.24) is 4.90 Å². The smallest absolute Gasteiger partial charge is 0.120 e. The summed E-state index contributed by atoms with van der Waals surface area (Å²) in [6.45, 7) is 3.04. The van der Waals surface area contributed by atoms with Crippen molar-refractivity contribution in [3.8, 4) is 11.8 Å². The van der Waals surface area contributed by atoms with E-state index in [0.717, 1.165) is 38.2 Å². The Balaban J connectivity index is 1.55. The molecule has 0 unspecified atom stereocenters. The van der Waals surface area contributed by atoms with Crippen molar-refractivity contribution in [3.05, 3.63) is 29.8 Å². The van der Waals surface area contributed by atoms with Gasteiger partial charge in [0, 0.05) is 12.5 Å². The number of nitrogens with zero attached hydrogens (tertiary/aromatic N) is 2. The topological polar surface area (TPSA) is 36.3 Å². The van der Waals surface area contributed by atoms with E-state index in [-0.39, 0.29) is 5.92 Å². The lowest BCUT2D eigenvalue weighted by atomic mass is 9.98. The Hall–Kier alpha value is -1.53. The number of nitriles is 1. The van der Waals surface area contributed by atoms with E-state index < -0.39 is 0 Å². The highest BCUT2D eigenvalue weighted by atomic mass is 16.5. The number of rotatable bonds is 4. The van der Waals surface area contributed by atoms with Gasteiger partial charge in [0.25, 0.3) is 0 Å². The van der Waals surface area contributed by atoms with Crippen LogP contribution in [-0.4, -0.2) is 24.1 Å². The molecule has 3 heteroatoms. The first-order valence-electron chi connectivity index (χ1n) is 8.21. The summed E-state index contributed by atoms with van der Waals surface area (Å²) in [5, 5.41) is 8.95. The molecule has 0 atom stereocenters. The van der Waals surface area contributed by atoms with Crippen LogP contribution in [0.5, 0.6) is 5.75 Å². The average Bonchev–Trinajstić information content (AvgIpc) is 3.01. The van der Waals surface area contributed by atoms with Gasteiger partial charge in [-0.05, 0) is 69.3 Å². The minimum atomic E-state index is 0.262. The van der Waals surface area contributed by atoms with Crippen molar-refractivity contribution in [1.29, 1.82) is 5.26 Å². The number of hydrogen-bond donors (Lipinski definition) is 0. The van der Waals surface area contributed by atoms with E-state index in [1.165, 1.54) is 31.2 Å². The Bertz CT molecular complexity index is 494. The molecule has 1 heterocycles. The lowest BCUT2D eigenvalue weighted by molar-refractivity contribution is 0.195. The van der Waals surface area contributed by atoms with E-state index in [4.69, 9.17) is 10.00 Å². The van der Waals surface area contributed by atoms with E-state index in [2.05, 4.69) is 35.2 Å². The van der Waals surface area contributed by atoms with E-state index in [0.29, 0.717) is 6.10 Å². The molecule has 1 saturated heterocycles. The molecule has 0 aromatic heterocycles. The molecule has 1 aliphatic carbocycles. The third-order valence-electron chi connectivity index (χ3n) is 4.68. The van der Waals surface area contributed by atoms with Gasteiger partial charge in [0.05, 0.1) is 12.2 Å². The molecule has 3 rings (SSSR count). The van der Waals surface area contributed by atoms with Gasteiger partial charge in [-0.25, -0.2) is 0 Å². The van der Waals surface area contributed by atoms with Crippen molar-refractivity contribution < 1.29 is 4.74 Å². The van der Waals surface area contributed by atoms with Crippen LogP contribution in [0.25, 0.3) is 0 Å². The second-order valence-electron chi connectivity index (χ2n) is 6.35. The fraction of sp³-hybridized carbons (Fsp3) is 0.611. The Morgan fingerprint density at radius 2 is 1.90 bits per heavy atom. The molecule has 0 spiro atoms. The Morgan fingerprint density at radius 3 is 2.62 bits per heavy atom. The summed E-state index contributed by atoms with van der Waals surface area (Å²) in [6.07, 6.45) is 7.45. The number of likely N-dealkylation sites (tertiary alicyclic amines) is 1. The van der Waals surface area contributed by atoms with Crippen LogP contribution in [0, 0.1) is 17.2 Å². The predicted octanol–water partition coefficient (Wildman–Crippen LogP) is 3.74. The first kappa shape index (κ1) is 14.4. The highest BCUT2D eigenvalue weighted by molar-refractivity contribution is 5.28. The zero-order valence-corrected chi connectivity index (χ0v) is 12.6. The van der Waals surface area contributed by atoms with Crippen LogP contribution in [0.15, 0.2) is 24.3 Å². The lowest BCUT2D eigenvalue weighted by Crippen LogP contribution is -2.32. The molecule has 3 nitrogen and oxygen atoms in total. The third kappa shape index (κ3) is 3.98. The molecular formula is C18H24N2O. The zero-order chi connectivity index (χ0) is 14.5. The van der Waals surface area contributed by atoms with Crippen LogP contribution in [0.1, 0.15) is 44.1 Å². The molecular weight excluding hydrogens is 260 g/mol. The molecule has 0 amide bonds. The molecule has 1 aromatic rings. The predicted molar refractivity (Wildman–Crippen MR) is 82.9 cm³/mol. The standard InChI is InChI=1S/C18H24N2O/c19-13-15-8-10-20(11-9-15)14-16-4-3-7-18(12-16)21-17-5-1-2-6-17/h3-4,7,12,15,17H,1-2,5-6,8-11,14H2. The van der Waals surface area contributed by atoms with Crippen molar-refractivity contribution in [2.45, 2.75) is 51.2 Å². The van der Waals surface area contributed by atoms with Crippen molar-refractivity contribution in [2.24, 2.45) is 5.92 Å². The van der Waals surface area contributed by atoms with E-state index in [9.17, 15) is 0 Å². The van der Waals surface area contributed by atoms with E-state index in [1.54, 1.807) is 0 Å². The van der Waals surface area contributed by atoms with Crippen LogP contribution in [0.4, 0.5) is 0 Å². The maximum Gasteiger partial charge on any atom is 0.120 e. The summed E-state index contributed by atoms with van der Waals surface area (Å²) in [4.78, 5) is 2.45. The monoisotopic (exact) mass is 284 g/mol. The number of hydrogen-bond acceptors (Lipinski definition) is 3. The highest BCUT2D eigenvalue weighted by Crippen LogP contribution is 2.25. The second kappa shape index (κ2) is 6.95. The number of ether oxygens (including phenoxy) is 1. The quantitative estimate of drug-likeness (QED) is 0.845. The minimum Gasteiger partial charge on any atom is -0.490 e. The van der Waals surface area contributed by atoms with E-state index in [1.807, 2.05) is 0 Å². The van der Waals surface area contributed by atoms with Crippen LogP contribution < -0.4 is 4.74 Å². The van der Waals surface area contributed by atoms with Gasteiger partial charge in [-0.1, -0.05) is 12.1 Å².